The van der Waals surface area contributed by atoms with Gasteiger partial charge in [-0.3, -0.25) is 10.1 Å². The van der Waals surface area contributed by atoms with Crippen LogP contribution in [0.3, 0.4) is 0 Å². The zero-order valence-corrected chi connectivity index (χ0v) is 18.2. The molecule has 0 aliphatic carbocycles. The minimum Gasteiger partial charge on any atom is -0.491 e. The van der Waals surface area contributed by atoms with E-state index in [4.69, 9.17) is 9.72 Å². The summed E-state index contributed by atoms with van der Waals surface area (Å²) in [5.41, 5.74) is 3.08. The van der Waals surface area contributed by atoms with E-state index in [0.29, 0.717) is 46.9 Å². The highest BCUT2D eigenvalue weighted by molar-refractivity contribution is 5.97. The predicted octanol–water partition coefficient (Wildman–Crippen LogP) is 5.02. The summed E-state index contributed by atoms with van der Waals surface area (Å²) in [5, 5.41) is 10.5. The predicted molar refractivity (Wildman–Crippen MR) is 125 cm³/mol. The fraction of sp³-hybridized carbons (Fsp3) is 0.120. The van der Waals surface area contributed by atoms with Gasteiger partial charge in [0.1, 0.15) is 28.7 Å². The molecule has 9 heteroatoms. The van der Waals surface area contributed by atoms with Gasteiger partial charge in [-0.1, -0.05) is 0 Å². The van der Waals surface area contributed by atoms with Crippen LogP contribution in [-0.4, -0.2) is 38.8 Å². The van der Waals surface area contributed by atoms with Crippen LogP contribution < -0.4 is 10.1 Å². The van der Waals surface area contributed by atoms with Crippen molar-refractivity contribution in [3.05, 3.63) is 84.4 Å². The molecule has 0 aliphatic rings. The highest BCUT2D eigenvalue weighted by Gasteiger charge is 2.17. The van der Waals surface area contributed by atoms with Gasteiger partial charge >= 0.3 is 0 Å². The number of nitrogens with zero attached hydrogens (tertiary/aromatic N) is 4. The van der Waals surface area contributed by atoms with Gasteiger partial charge in [-0.2, -0.15) is 5.10 Å². The summed E-state index contributed by atoms with van der Waals surface area (Å²) < 4.78 is 34.3. The third-order valence-electron chi connectivity index (χ3n) is 5.37. The molecule has 0 bridgehead atoms. The fourth-order valence-electron chi connectivity index (χ4n) is 3.70. The average molecular weight is 458 g/mol. The van der Waals surface area contributed by atoms with Crippen LogP contribution in [0.5, 0.6) is 5.75 Å². The van der Waals surface area contributed by atoms with E-state index in [0.717, 1.165) is 17.2 Å². The average Bonchev–Trinajstić information content (AvgIpc) is 3.37. The lowest BCUT2D eigenvalue weighted by Gasteiger charge is -2.15. The standard InChI is InChI=1S/C25H20F2N6O/c1-28-25-20-9-17(19-5-4-18(26)11-21(19)27)10-22(34-8-6-15-12-30-31-13-15)23(20)32-24(33-25)16-3-2-7-29-14-16/h2-5,7,9-14H,6,8H2,1H3,(H,30,31)(H,28,32,33). The molecule has 3 aromatic heterocycles. The van der Waals surface area contributed by atoms with Gasteiger partial charge in [-0.05, 0) is 47.5 Å². The molecule has 2 aromatic carbocycles. The Morgan fingerprint density at radius 2 is 1.94 bits per heavy atom. The van der Waals surface area contributed by atoms with E-state index in [1.807, 2.05) is 12.1 Å². The highest BCUT2D eigenvalue weighted by atomic mass is 19.1. The van der Waals surface area contributed by atoms with Crippen molar-refractivity contribution in [1.82, 2.24) is 25.1 Å². The van der Waals surface area contributed by atoms with Crippen molar-refractivity contribution in [3.63, 3.8) is 0 Å². The number of H-pyrrole nitrogens is 1. The molecule has 0 amide bonds. The number of hydrogen-bond donors (Lipinski definition) is 2. The van der Waals surface area contributed by atoms with Gasteiger partial charge in [0.2, 0.25) is 0 Å². The van der Waals surface area contributed by atoms with Gasteiger partial charge in [0.25, 0.3) is 0 Å². The number of hydrogen-bond acceptors (Lipinski definition) is 6. The van der Waals surface area contributed by atoms with Crippen LogP contribution in [0.4, 0.5) is 14.6 Å². The van der Waals surface area contributed by atoms with Gasteiger partial charge in [-0.25, -0.2) is 18.7 Å². The van der Waals surface area contributed by atoms with Crippen LogP contribution in [0.15, 0.2) is 67.3 Å². The molecule has 5 rings (SSSR count). The van der Waals surface area contributed by atoms with Crippen LogP contribution in [0, 0.1) is 11.6 Å². The second-order valence-electron chi connectivity index (χ2n) is 7.59. The van der Waals surface area contributed by atoms with Crippen molar-refractivity contribution in [3.8, 4) is 28.3 Å². The Hall–Kier alpha value is -4.40. The van der Waals surface area contributed by atoms with Crippen LogP contribution >= 0.6 is 0 Å². The zero-order chi connectivity index (χ0) is 23.5. The highest BCUT2D eigenvalue weighted by Crippen LogP contribution is 2.36. The van der Waals surface area contributed by atoms with Crippen LogP contribution in [0.25, 0.3) is 33.4 Å². The third-order valence-corrected chi connectivity index (χ3v) is 5.37. The fourth-order valence-corrected chi connectivity index (χ4v) is 3.70. The monoisotopic (exact) mass is 458 g/mol. The molecule has 34 heavy (non-hydrogen) atoms. The largest absolute Gasteiger partial charge is 0.491 e. The van der Waals surface area contributed by atoms with E-state index in [9.17, 15) is 8.78 Å². The van der Waals surface area contributed by atoms with Crippen molar-refractivity contribution < 1.29 is 13.5 Å². The number of aromatic nitrogens is 5. The number of benzene rings is 2. The Morgan fingerprint density at radius 1 is 1.03 bits per heavy atom. The van der Waals surface area contributed by atoms with Crippen molar-refractivity contribution in [2.45, 2.75) is 6.42 Å². The number of halogens is 2. The number of ether oxygens (including phenoxy) is 1. The van der Waals surface area contributed by atoms with Crippen molar-refractivity contribution in [1.29, 1.82) is 0 Å². The molecule has 0 radical (unpaired) electrons. The van der Waals surface area contributed by atoms with Gasteiger partial charge < -0.3 is 10.1 Å². The van der Waals surface area contributed by atoms with Crippen molar-refractivity contribution in [2.24, 2.45) is 0 Å². The van der Waals surface area contributed by atoms with E-state index >= 15 is 0 Å². The molecule has 0 saturated heterocycles. The first-order valence-corrected chi connectivity index (χ1v) is 10.6. The molecular weight excluding hydrogens is 438 g/mol. The molecule has 0 spiro atoms. The van der Waals surface area contributed by atoms with Gasteiger partial charge in [-0.15, -0.1) is 0 Å². The first-order valence-electron chi connectivity index (χ1n) is 10.6. The minimum absolute atomic E-state index is 0.251. The number of fused-ring (bicyclic) bond motifs is 1. The third kappa shape index (κ3) is 4.27. The summed E-state index contributed by atoms with van der Waals surface area (Å²) >= 11 is 0. The molecule has 170 valence electrons. The molecule has 5 aromatic rings. The topological polar surface area (TPSA) is 88.6 Å². The summed E-state index contributed by atoms with van der Waals surface area (Å²) in [6.45, 7) is 0.352. The zero-order valence-electron chi connectivity index (χ0n) is 18.2. The van der Waals surface area contributed by atoms with E-state index in [1.165, 1.54) is 12.1 Å². The Balaban J connectivity index is 1.66. The van der Waals surface area contributed by atoms with Gasteiger partial charge in [0.15, 0.2) is 5.82 Å². The second kappa shape index (κ2) is 9.22. The Morgan fingerprint density at radius 3 is 2.68 bits per heavy atom. The SMILES string of the molecule is CNc1nc(-c2cccnc2)nc2c(OCCc3cn[nH]c3)cc(-c3ccc(F)cc3F)cc12. The van der Waals surface area contributed by atoms with E-state index in [-0.39, 0.29) is 5.56 Å². The van der Waals surface area contributed by atoms with E-state index in [1.54, 1.807) is 44.0 Å². The van der Waals surface area contributed by atoms with Crippen LogP contribution in [0.1, 0.15) is 5.56 Å². The number of aromatic amines is 1. The Bertz CT molecular complexity index is 1440. The molecule has 3 heterocycles. The lowest BCUT2D eigenvalue weighted by molar-refractivity contribution is 0.325. The second-order valence-corrected chi connectivity index (χ2v) is 7.59. The van der Waals surface area contributed by atoms with Crippen molar-refractivity contribution in [2.75, 3.05) is 19.0 Å². The first kappa shape index (κ1) is 21.4. The van der Waals surface area contributed by atoms with Crippen LogP contribution in [-0.2, 0) is 6.42 Å². The molecule has 7 nitrogen and oxygen atoms in total. The van der Waals surface area contributed by atoms with Crippen molar-refractivity contribution >= 4 is 16.7 Å². The number of nitrogens with one attached hydrogen (secondary N) is 2. The molecule has 0 fully saturated rings. The van der Waals surface area contributed by atoms with Gasteiger partial charge in [0.05, 0.1) is 12.8 Å². The Kier molecular flexibility index (Phi) is 5.82. The van der Waals surface area contributed by atoms with Gasteiger partial charge in [0, 0.05) is 54.6 Å². The minimum atomic E-state index is -0.664. The smallest absolute Gasteiger partial charge is 0.163 e. The maximum atomic E-state index is 14.6. The molecule has 0 unspecified atom stereocenters. The summed E-state index contributed by atoms with van der Waals surface area (Å²) in [7, 11) is 1.75. The molecule has 0 aliphatic heterocycles. The molecule has 0 saturated carbocycles. The maximum absolute atomic E-state index is 14.6. The number of pyridine rings is 1. The first-order chi connectivity index (χ1) is 16.6. The number of rotatable bonds is 7. The Labute approximate surface area is 193 Å². The summed E-state index contributed by atoms with van der Waals surface area (Å²) in [6.07, 6.45) is 7.51. The normalized spacial score (nSPS) is 11.0. The van der Waals surface area contributed by atoms with E-state index in [2.05, 4.69) is 25.5 Å². The summed E-state index contributed by atoms with van der Waals surface area (Å²) in [4.78, 5) is 13.5. The lowest BCUT2D eigenvalue weighted by Crippen LogP contribution is -2.05. The summed E-state index contributed by atoms with van der Waals surface area (Å²) in [6, 6.07) is 10.7. The quantitative estimate of drug-likeness (QED) is 0.356. The van der Waals surface area contributed by atoms with Crippen LogP contribution in [0.2, 0.25) is 0 Å². The molecular formula is C25H20F2N6O. The molecule has 2 N–H and O–H groups in total. The summed E-state index contributed by atoms with van der Waals surface area (Å²) in [5.74, 6) is 0.184. The van der Waals surface area contributed by atoms with E-state index < -0.39 is 11.6 Å². The molecule has 0 atom stereocenters. The lowest BCUT2D eigenvalue weighted by atomic mass is 10.0. The maximum Gasteiger partial charge on any atom is 0.163 e. The number of anilines is 1.